The topological polar surface area (TPSA) is 110 Å². The van der Waals surface area contributed by atoms with Gasteiger partial charge in [-0.3, -0.25) is 9.59 Å². The van der Waals surface area contributed by atoms with E-state index in [2.05, 4.69) is 4.74 Å². The lowest BCUT2D eigenvalue weighted by molar-refractivity contribution is -0.144. The third kappa shape index (κ3) is 5.28. The summed E-state index contributed by atoms with van der Waals surface area (Å²) in [5.41, 5.74) is 0.798. The standard InChI is InChI=1S/C18H24O7S/c1-12-10-16(26(21,22)23)14(13-6-4-3-5-7-13)11-15(12)25-18(20)9-8-17(19)24-2/h10-11,13H,3-9H2,1-2H3,(H,21,22,23)/p-1. The molecule has 1 aromatic carbocycles. The van der Waals surface area contributed by atoms with Crippen molar-refractivity contribution in [2.45, 2.75) is 62.7 Å². The van der Waals surface area contributed by atoms with Gasteiger partial charge in [-0.1, -0.05) is 19.3 Å². The molecule has 144 valence electrons. The van der Waals surface area contributed by atoms with Crippen molar-refractivity contribution in [3.05, 3.63) is 23.3 Å². The van der Waals surface area contributed by atoms with Crippen LogP contribution in [0.25, 0.3) is 0 Å². The Morgan fingerprint density at radius 2 is 1.73 bits per heavy atom. The Kier molecular flexibility index (Phi) is 6.77. The molecule has 0 amide bonds. The fraction of sp³-hybridized carbons (Fsp3) is 0.556. The van der Waals surface area contributed by atoms with Crippen molar-refractivity contribution in [1.29, 1.82) is 0 Å². The smallest absolute Gasteiger partial charge is 0.311 e. The van der Waals surface area contributed by atoms with Crippen LogP contribution in [0.2, 0.25) is 0 Å². The third-order valence-corrected chi connectivity index (χ3v) is 5.50. The summed E-state index contributed by atoms with van der Waals surface area (Å²) in [6.45, 7) is 1.57. The SMILES string of the molecule is COC(=O)CCC(=O)Oc1cc(C2CCCCC2)c(S(=O)(=O)[O-])cc1C. The Balaban J connectivity index is 2.29. The normalized spacial score (nSPS) is 15.5. The van der Waals surface area contributed by atoms with E-state index in [1.807, 2.05) is 0 Å². The molecule has 0 bridgehead atoms. The number of carbonyl (C=O) groups excluding carboxylic acids is 2. The molecule has 1 fully saturated rings. The van der Waals surface area contributed by atoms with Crippen molar-refractivity contribution in [1.82, 2.24) is 0 Å². The van der Waals surface area contributed by atoms with Crippen molar-refractivity contribution in [3.63, 3.8) is 0 Å². The molecule has 0 N–H and O–H groups in total. The molecule has 8 heteroatoms. The summed E-state index contributed by atoms with van der Waals surface area (Å²) in [6, 6.07) is 2.77. The molecule has 1 saturated carbocycles. The van der Waals surface area contributed by atoms with E-state index in [4.69, 9.17) is 4.74 Å². The van der Waals surface area contributed by atoms with Crippen LogP contribution in [0.4, 0.5) is 0 Å². The first kappa shape index (κ1) is 20.4. The number of rotatable bonds is 6. The first-order chi connectivity index (χ1) is 12.2. The highest BCUT2D eigenvalue weighted by Gasteiger charge is 2.23. The van der Waals surface area contributed by atoms with Crippen LogP contribution in [0.5, 0.6) is 5.75 Å². The molecule has 1 aliphatic rings. The average molecular weight is 383 g/mol. The number of hydrogen-bond acceptors (Lipinski definition) is 7. The molecule has 1 aliphatic carbocycles. The maximum Gasteiger partial charge on any atom is 0.311 e. The van der Waals surface area contributed by atoms with Crippen LogP contribution < -0.4 is 4.74 Å². The molecule has 0 atom stereocenters. The van der Waals surface area contributed by atoms with E-state index in [1.165, 1.54) is 19.2 Å². The van der Waals surface area contributed by atoms with Crippen LogP contribution >= 0.6 is 0 Å². The number of esters is 2. The van der Waals surface area contributed by atoms with Gasteiger partial charge in [0.05, 0.1) is 24.8 Å². The lowest BCUT2D eigenvalue weighted by Crippen LogP contribution is -2.15. The number of ether oxygens (including phenoxy) is 2. The summed E-state index contributed by atoms with van der Waals surface area (Å²) in [6.07, 6.45) is 4.35. The lowest BCUT2D eigenvalue weighted by atomic mass is 9.83. The monoisotopic (exact) mass is 383 g/mol. The second-order valence-corrected chi connectivity index (χ2v) is 7.84. The Morgan fingerprint density at radius 3 is 2.31 bits per heavy atom. The largest absolute Gasteiger partial charge is 0.744 e. The fourth-order valence-electron chi connectivity index (χ4n) is 3.22. The van der Waals surface area contributed by atoms with Gasteiger partial charge in [-0.2, -0.15) is 0 Å². The van der Waals surface area contributed by atoms with Gasteiger partial charge in [-0.15, -0.1) is 0 Å². The van der Waals surface area contributed by atoms with Crippen LogP contribution in [0.1, 0.15) is 62.0 Å². The summed E-state index contributed by atoms with van der Waals surface area (Å²) < 4.78 is 44.8. The molecule has 26 heavy (non-hydrogen) atoms. The molecule has 2 rings (SSSR count). The summed E-state index contributed by atoms with van der Waals surface area (Å²) in [5.74, 6) is -0.969. The summed E-state index contributed by atoms with van der Waals surface area (Å²) in [7, 11) is -3.39. The van der Waals surface area contributed by atoms with E-state index in [0.29, 0.717) is 11.1 Å². The molecule has 0 saturated heterocycles. The zero-order valence-corrected chi connectivity index (χ0v) is 15.8. The second kappa shape index (κ2) is 8.64. The lowest BCUT2D eigenvalue weighted by Gasteiger charge is -2.26. The minimum absolute atomic E-state index is 0.0457. The van der Waals surface area contributed by atoms with Gasteiger partial charge in [-0.05, 0) is 48.9 Å². The highest BCUT2D eigenvalue weighted by Crippen LogP contribution is 2.39. The predicted octanol–water partition coefficient (Wildman–Crippen LogP) is 2.81. The molecule has 1 aromatic rings. The number of carbonyl (C=O) groups is 2. The van der Waals surface area contributed by atoms with E-state index in [1.54, 1.807) is 6.92 Å². The third-order valence-electron chi connectivity index (χ3n) is 4.61. The fourth-order valence-corrected chi connectivity index (χ4v) is 4.05. The van der Waals surface area contributed by atoms with Gasteiger partial charge in [0, 0.05) is 0 Å². The van der Waals surface area contributed by atoms with Gasteiger partial charge in [0.25, 0.3) is 0 Å². The summed E-state index contributed by atoms with van der Waals surface area (Å²) in [4.78, 5) is 22.8. The van der Waals surface area contributed by atoms with Crippen molar-refractivity contribution < 1.29 is 32.0 Å². The maximum absolute atomic E-state index is 11.9. The van der Waals surface area contributed by atoms with Gasteiger partial charge in [0.2, 0.25) is 0 Å². The molecule has 0 unspecified atom stereocenters. The minimum Gasteiger partial charge on any atom is -0.744 e. The van der Waals surface area contributed by atoms with Crippen molar-refractivity contribution in [2.24, 2.45) is 0 Å². The van der Waals surface area contributed by atoms with Crippen molar-refractivity contribution in [2.75, 3.05) is 7.11 Å². The molecule has 0 aromatic heterocycles. The first-order valence-corrected chi connectivity index (χ1v) is 10.0. The Morgan fingerprint density at radius 1 is 1.12 bits per heavy atom. The molecule has 0 heterocycles. The van der Waals surface area contributed by atoms with Gasteiger partial charge in [0.15, 0.2) is 0 Å². The molecule has 7 nitrogen and oxygen atoms in total. The van der Waals surface area contributed by atoms with Gasteiger partial charge in [-0.25, -0.2) is 8.42 Å². The first-order valence-electron chi connectivity index (χ1n) is 8.60. The minimum atomic E-state index is -4.63. The zero-order valence-electron chi connectivity index (χ0n) is 14.9. The van der Waals surface area contributed by atoms with Gasteiger partial charge < -0.3 is 14.0 Å². The molecular formula is C18H23O7S-. The Bertz CT molecular complexity index is 777. The highest BCUT2D eigenvalue weighted by molar-refractivity contribution is 7.85. The Hall–Kier alpha value is -1.93. The number of benzene rings is 1. The predicted molar refractivity (Wildman–Crippen MR) is 91.9 cm³/mol. The van der Waals surface area contributed by atoms with E-state index in [0.717, 1.165) is 32.1 Å². The van der Waals surface area contributed by atoms with Crippen molar-refractivity contribution >= 4 is 22.1 Å². The van der Waals surface area contributed by atoms with E-state index < -0.39 is 22.1 Å². The van der Waals surface area contributed by atoms with Crippen molar-refractivity contribution in [3.8, 4) is 5.75 Å². The van der Waals surface area contributed by atoms with E-state index in [-0.39, 0.29) is 29.4 Å². The summed E-state index contributed by atoms with van der Waals surface area (Å²) >= 11 is 0. The van der Waals surface area contributed by atoms with E-state index >= 15 is 0 Å². The van der Waals surface area contributed by atoms with Crippen LogP contribution in [0.3, 0.4) is 0 Å². The van der Waals surface area contributed by atoms with Crippen LogP contribution in [0, 0.1) is 6.92 Å². The highest BCUT2D eigenvalue weighted by atomic mass is 32.2. The maximum atomic E-state index is 11.9. The van der Waals surface area contributed by atoms with Crippen LogP contribution in [-0.4, -0.2) is 32.0 Å². The quantitative estimate of drug-likeness (QED) is 0.422. The average Bonchev–Trinajstić information content (AvgIpc) is 2.61. The van der Waals surface area contributed by atoms with Crippen LogP contribution in [0.15, 0.2) is 17.0 Å². The summed E-state index contributed by atoms with van der Waals surface area (Å²) in [5, 5.41) is 0. The van der Waals surface area contributed by atoms with Gasteiger partial charge in [0.1, 0.15) is 15.9 Å². The van der Waals surface area contributed by atoms with Gasteiger partial charge >= 0.3 is 11.9 Å². The second-order valence-electron chi connectivity index (χ2n) is 6.49. The van der Waals surface area contributed by atoms with Crippen LogP contribution in [-0.2, 0) is 24.4 Å². The molecular weight excluding hydrogens is 360 g/mol. The molecule has 0 radical (unpaired) electrons. The number of hydrogen-bond donors (Lipinski definition) is 0. The number of methoxy groups -OCH3 is 1. The molecule has 0 spiro atoms. The Labute approximate surface area is 153 Å². The van der Waals surface area contributed by atoms with E-state index in [9.17, 15) is 22.6 Å². The molecule has 0 aliphatic heterocycles. The number of aryl methyl sites for hydroxylation is 1. The zero-order chi connectivity index (χ0) is 19.3.